The van der Waals surface area contributed by atoms with E-state index < -0.39 is 0 Å². The van der Waals surface area contributed by atoms with Crippen LogP contribution in [0.5, 0.6) is 0 Å². The number of pyridine rings is 1. The van der Waals surface area contributed by atoms with Crippen molar-refractivity contribution in [2.24, 2.45) is 5.73 Å². The van der Waals surface area contributed by atoms with Crippen LogP contribution in [0, 0.1) is 6.92 Å². The Hall–Kier alpha value is -0.910. The largest absolute Gasteiger partial charge is 0.330 e. The Labute approximate surface area is 103 Å². The normalized spacial score (nSPS) is 10.6. The third-order valence-electron chi connectivity index (χ3n) is 2.11. The maximum Gasteiger partial charge on any atom is 0.156 e. The monoisotopic (exact) mass is 251 g/mol. The zero-order valence-electron chi connectivity index (χ0n) is 9.01. The topological polar surface area (TPSA) is 51.8 Å². The van der Waals surface area contributed by atoms with E-state index in [2.05, 4.69) is 23.0 Å². The molecular weight excluding hydrogens is 238 g/mol. The Bertz CT molecular complexity index is 454. The molecule has 2 rings (SSSR count). The molecule has 0 unspecified atom stereocenters. The molecule has 0 radical (unpaired) electrons. The summed E-state index contributed by atoms with van der Waals surface area (Å²) >= 11 is 3.25. The maximum atomic E-state index is 5.52. The first kappa shape index (κ1) is 11.6. The molecule has 0 aliphatic carbocycles. The SMILES string of the molecule is Cc1cc(CCN)cnc1Sc1nccs1. The zero-order valence-corrected chi connectivity index (χ0v) is 10.6. The summed E-state index contributed by atoms with van der Waals surface area (Å²) in [6.45, 7) is 2.74. The summed E-state index contributed by atoms with van der Waals surface area (Å²) in [6, 6.07) is 2.15. The molecule has 5 heteroatoms. The van der Waals surface area contributed by atoms with Crippen molar-refractivity contribution in [1.29, 1.82) is 0 Å². The van der Waals surface area contributed by atoms with Crippen LogP contribution in [-0.2, 0) is 6.42 Å². The highest BCUT2D eigenvalue weighted by atomic mass is 32.2. The minimum Gasteiger partial charge on any atom is -0.330 e. The van der Waals surface area contributed by atoms with Crippen molar-refractivity contribution in [2.45, 2.75) is 22.7 Å². The molecule has 0 aromatic carbocycles. The van der Waals surface area contributed by atoms with E-state index in [1.165, 1.54) is 11.1 Å². The van der Waals surface area contributed by atoms with Gasteiger partial charge in [-0.15, -0.1) is 11.3 Å². The van der Waals surface area contributed by atoms with Gasteiger partial charge in [-0.05, 0) is 42.8 Å². The Morgan fingerprint density at radius 1 is 1.44 bits per heavy atom. The quantitative estimate of drug-likeness (QED) is 0.907. The molecule has 84 valence electrons. The molecule has 0 amide bonds. The summed E-state index contributed by atoms with van der Waals surface area (Å²) in [5, 5.41) is 3.00. The minimum absolute atomic E-state index is 0.667. The molecule has 0 saturated carbocycles. The molecule has 2 heterocycles. The van der Waals surface area contributed by atoms with Crippen LogP contribution < -0.4 is 5.73 Å². The lowest BCUT2D eigenvalue weighted by molar-refractivity contribution is 0.935. The average molecular weight is 251 g/mol. The number of aromatic nitrogens is 2. The van der Waals surface area contributed by atoms with Crippen LogP contribution in [0.3, 0.4) is 0 Å². The van der Waals surface area contributed by atoms with E-state index in [0.717, 1.165) is 15.8 Å². The number of nitrogens with zero attached hydrogens (tertiary/aromatic N) is 2. The lowest BCUT2D eigenvalue weighted by atomic mass is 10.2. The Morgan fingerprint density at radius 2 is 2.31 bits per heavy atom. The van der Waals surface area contributed by atoms with Crippen LogP contribution in [-0.4, -0.2) is 16.5 Å². The standard InChI is InChI=1S/C11H13N3S2/c1-8-6-9(2-3-12)7-14-10(8)16-11-13-4-5-15-11/h4-7H,2-3,12H2,1H3. The van der Waals surface area contributed by atoms with E-state index in [1.54, 1.807) is 23.1 Å². The fourth-order valence-electron chi connectivity index (χ4n) is 1.37. The summed E-state index contributed by atoms with van der Waals surface area (Å²) in [5.74, 6) is 0. The Kier molecular flexibility index (Phi) is 3.93. The van der Waals surface area contributed by atoms with Crippen LogP contribution in [0.25, 0.3) is 0 Å². The van der Waals surface area contributed by atoms with E-state index in [9.17, 15) is 0 Å². The van der Waals surface area contributed by atoms with E-state index in [0.29, 0.717) is 6.54 Å². The van der Waals surface area contributed by atoms with Gasteiger partial charge in [0.1, 0.15) is 5.03 Å². The summed E-state index contributed by atoms with van der Waals surface area (Å²) in [7, 11) is 0. The van der Waals surface area contributed by atoms with Gasteiger partial charge in [0.15, 0.2) is 4.34 Å². The molecule has 0 atom stereocenters. The number of nitrogens with two attached hydrogens (primary N) is 1. The molecule has 0 spiro atoms. The van der Waals surface area contributed by atoms with Crippen molar-refractivity contribution in [1.82, 2.24) is 9.97 Å². The fraction of sp³-hybridized carbons (Fsp3) is 0.273. The number of hydrogen-bond acceptors (Lipinski definition) is 5. The lowest BCUT2D eigenvalue weighted by Crippen LogP contribution is -2.03. The summed E-state index contributed by atoms with van der Waals surface area (Å²) < 4.78 is 1.03. The van der Waals surface area contributed by atoms with Gasteiger partial charge < -0.3 is 5.73 Å². The Morgan fingerprint density at radius 3 is 2.94 bits per heavy atom. The Balaban J connectivity index is 2.16. The van der Waals surface area contributed by atoms with E-state index in [1.807, 2.05) is 17.8 Å². The fourth-order valence-corrected chi connectivity index (χ4v) is 2.93. The predicted molar refractivity (Wildman–Crippen MR) is 68.0 cm³/mol. The highest BCUT2D eigenvalue weighted by Gasteiger charge is 2.05. The zero-order chi connectivity index (χ0) is 11.4. The molecular formula is C11H13N3S2. The molecule has 0 aliphatic rings. The second-order valence-electron chi connectivity index (χ2n) is 3.40. The number of hydrogen-bond donors (Lipinski definition) is 1. The van der Waals surface area contributed by atoms with E-state index in [4.69, 9.17) is 5.73 Å². The molecule has 16 heavy (non-hydrogen) atoms. The molecule has 2 aromatic heterocycles. The van der Waals surface area contributed by atoms with Crippen molar-refractivity contribution in [3.63, 3.8) is 0 Å². The van der Waals surface area contributed by atoms with Gasteiger partial charge in [-0.25, -0.2) is 9.97 Å². The van der Waals surface area contributed by atoms with Gasteiger partial charge in [0.2, 0.25) is 0 Å². The highest BCUT2D eigenvalue weighted by molar-refractivity contribution is 8.01. The van der Waals surface area contributed by atoms with Gasteiger partial charge in [0.05, 0.1) is 0 Å². The van der Waals surface area contributed by atoms with Crippen molar-refractivity contribution in [2.75, 3.05) is 6.54 Å². The molecule has 0 saturated heterocycles. The first-order valence-corrected chi connectivity index (χ1v) is 6.72. The number of rotatable bonds is 4. The predicted octanol–water partition coefficient (Wildman–Crippen LogP) is 2.50. The van der Waals surface area contributed by atoms with E-state index >= 15 is 0 Å². The van der Waals surface area contributed by atoms with Crippen molar-refractivity contribution >= 4 is 23.1 Å². The molecule has 0 aliphatic heterocycles. The lowest BCUT2D eigenvalue weighted by Gasteiger charge is -2.04. The van der Waals surface area contributed by atoms with Gasteiger partial charge in [-0.2, -0.15) is 0 Å². The van der Waals surface area contributed by atoms with Crippen molar-refractivity contribution in [3.8, 4) is 0 Å². The van der Waals surface area contributed by atoms with E-state index in [-0.39, 0.29) is 0 Å². The van der Waals surface area contributed by atoms with Crippen LogP contribution >= 0.6 is 23.1 Å². The summed E-state index contributed by atoms with van der Waals surface area (Å²) in [4.78, 5) is 8.68. The van der Waals surface area contributed by atoms with Crippen LogP contribution in [0.15, 0.2) is 33.2 Å². The first-order valence-electron chi connectivity index (χ1n) is 5.02. The first-order chi connectivity index (χ1) is 7.79. The third kappa shape index (κ3) is 2.81. The van der Waals surface area contributed by atoms with Gasteiger partial charge >= 0.3 is 0 Å². The van der Waals surface area contributed by atoms with Gasteiger partial charge in [-0.3, -0.25) is 0 Å². The minimum atomic E-state index is 0.667. The third-order valence-corrected chi connectivity index (χ3v) is 4.12. The van der Waals surface area contributed by atoms with Crippen LogP contribution in [0.2, 0.25) is 0 Å². The molecule has 3 nitrogen and oxygen atoms in total. The molecule has 2 aromatic rings. The second-order valence-corrected chi connectivity index (χ2v) is 5.53. The highest BCUT2D eigenvalue weighted by Crippen LogP contribution is 2.29. The summed E-state index contributed by atoms with van der Waals surface area (Å²) in [5.41, 5.74) is 7.90. The number of thiazole rings is 1. The van der Waals surface area contributed by atoms with Gasteiger partial charge in [0.25, 0.3) is 0 Å². The van der Waals surface area contributed by atoms with Gasteiger partial charge in [-0.1, -0.05) is 6.07 Å². The smallest absolute Gasteiger partial charge is 0.156 e. The summed E-state index contributed by atoms with van der Waals surface area (Å²) in [6.07, 6.45) is 4.59. The molecule has 0 fully saturated rings. The second kappa shape index (κ2) is 5.43. The average Bonchev–Trinajstić information content (AvgIpc) is 2.75. The molecule has 0 bridgehead atoms. The maximum absolute atomic E-state index is 5.52. The molecule has 2 N–H and O–H groups in total. The van der Waals surface area contributed by atoms with Crippen LogP contribution in [0.1, 0.15) is 11.1 Å². The number of aryl methyl sites for hydroxylation is 1. The van der Waals surface area contributed by atoms with Crippen molar-refractivity contribution < 1.29 is 0 Å². The van der Waals surface area contributed by atoms with Gasteiger partial charge in [0, 0.05) is 17.8 Å². The van der Waals surface area contributed by atoms with Crippen molar-refractivity contribution in [3.05, 3.63) is 35.0 Å². The van der Waals surface area contributed by atoms with Crippen LogP contribution in [0.4, 0.5) is 0 Å².